The quantitative estimate of drug-likeness (QED) is 0.335. The molecule has 114 valence electrons. The smallest absolute Gasteiger partial charge is 0.307 e. The number of aliphatic carboxylic acids is 1. The minimum Gasteiger partial charge on any atom is -0.481 e. The SMILES string of the molecule is CCCCCCCCCCCCCC(CS)C(=O)O. The molecule has 0 heterocycles. The molecule has 1 atom stereocenters. The zero-order chi connectivity index (χ0) is 14.3. The van der Waals surface area contributed by atoms with Crippen molar-refractivity contribution in [2.24, 2.45) is 5.92 Å². The van der Waals surface area contributed by atoms with Crippen LogP contribution in [0.3, 0.4) is 0 Å². The molecular formula is C16H32O2S. The Morgan fingerprint density at radius 1 is 0.895 bits per heavy atom. The van der Waals surface area contributed by atoms with Gasteiger partial charge in [-0.2, -0.15) is 12.6 Å². The van der Waals surface area contributed by atoms with Crippen molar-refractivity contribution in [3.05, 3.63) is 0 Å². The summed E-state index contributed by atoms with van der Waals surface area (Å²) in [6.07, 6.45) is 15.2. The van der Waals surface area contributed by atoms with E-state index in [0.29, 0.717) is 5.75 Å². The van der Waals surface area contributed by atoms with Crippen molar-refractivity contribution in [1.82, 2.24) is 0 Å². The van der Waals surface area contributed by atoms with Crippen LogP contribution in [0.5, 0.6) is 0 Å². The first kappa shape index (κ1) is 18.8. The van der Waals surface area contributed by atoms with E-state index in [1.165, 1.54) is 64.2 Å². The number of carbonyl (C=O) groups is 1. The molecule has 0 rings (SSSR count). The van der Waals surface area contributed by atoms with E-state index in [1.54, 1.807) is 0 Å². The maximum absolute atomic E-state index is 10.8. The Hall–Kier alpha value is -0.180. The average molecular weight is 288 g/mol. The van der Waals surface area contributed by atoms with E-state index >= 15 is 0 Å². The fraction of sp³-hybridized carbons (Fsp3) is 0.938. The number of thiol groups is 1. The van der Waals surface area contributed by atoms with Gasteiger partial charge in [-0.3, -0.25) is 4.79 Å². The van der Waals surface area contributed by atoms with Gasteiger partial charge in [-0.15, -0.1) is 0 Å². The summed E-state index contributed by atoms with van der Waals surface area (Å²) in [6, 6.07) is 0. The molecule has 0 aliphatic rings. The number of hydrogen-bond donors (Lipinski definition) is 2. The van der Waals surface area contributed by atoms with Crippen molar-refractivity contribution in [2.45, 2.75) is 84.0 Å². The van der Waals surface area contributed by atoms with Crippen LogP contribution in [-0.4, -0.2) is 16.8 Å². The summed E-state index contributed by atoms with van der Waals surface area (Å²) >= 11 is 4.08. The molecule has 0 aromatic heterocycles. The predicted molar refractivity (Wildman–Crippen MR) is 86.1 cm³/mol. The molecule has 1 unspecified atom stereocenters. The van der Waals surface area contributed by atoms with Crippen molar-refractivity contribution in [3.63, 3.8) is 0 Å². The second-order valence-electron chi connectivity index (χ2n) is 5.54. The molecule has 0 bridgehead atoms. The summed E-state index contributed by atoms with van der Waals surface area (Å²) in [5.74, 6) is -0.475. The fourth-order valence-corrected chi connectivity index (χ4v) is 2.69. The van der Waals surface area contributed by atoms with E-state index in [-0.39, 0.29) is 5.92 Å². The van der Waals surface area contributed by atoms with Gasteiger partial charge in [-0.05, 0) is 6.42 Å². The van der Waals surface area contributed by atoms with Crippen LogP contribution in [0.4, 0.5) is 0 Å². The first-order valence-electron chi connectivity index (χ1n) is 8.06. The molecule has 3 heteroatoms. The molecule has 0 fully saturated rings. The molecule has 2 nitrogen and oxygen atoms in total. The molecule has 0 saturated carbocycles. The first-order chi connectivity index (χ1) is 9.22. The van der Waals surface area contributed by atoms with Gasteiger partial charge in [0.1, 0.15) is 0 Å². The number of carboxylic acids is 1. The number of carboxylic acid groups (broad SMARTS) is 1. The summed E-state index contributed by atoms with van der Waals surface area (Å²) in [5, 5.41) is 8.89. The molecule has 0 spiro atoms. The van der Waals surface area contributed by atoms with Crippen LogP contribution in [-0.2, 0) is 4.79 Å². The zero-order valence-electron chi connectivity index (χ0n) is 12.6. The largest absolute Gasteiger partial charge is 0.481 e. The van der Waals surface area contributed by atoms with Crippen LogP contribution < -0.4 is 0 Å². The topological polar surface area (TPSA) is 37.3 Å². The lowest BCUT2D eigenvalue weighted by molar-refractivity contribution is -0.141. The van der Waals surface area contributed by atoms with Crippen LogP contribution in [0.1, 0.15) is 84.0 Å². The maximum Gasteiger partial charge on any atom is 0.307 e. The van der Waals surface area contributed by atoms with Gasteiger partial charge in [0.05, 0.1) is 5.92 Å². The molecule has 0 aliphatic carbocycles. The van der Waals surface area contributed by atoms with Gasteiger partial charge in [-0.1, -0.05) is 77.6 Å². The molecule has 19 heavy (non-hydrogen) atoms. The molecule has 0 saturated heterocycles. The van der Waals surface area contributed by atoms with Gasteiger partial charge in [0.15, 0.2) is 0 Å². The van der Waals surface area contributed by atoms with Gasteiger partial charge in [0, 0.05) is 5.75 Å². The van der Waals surface area contributed by atoms with Gasteiger partial charge in [-0.25, -0.2) is 0 Å². The predicted octanol–water partition coefficient (Wildman–Crippen LogP) is 5.32. The van der Waals surface area contributed by atoms with E-state index in [2.05, 4.69) is 19.6 Å². The fourth-order valence-electron chi connectivity index (χ4n) is 2.35. The number of rotatable bonds is 14. The van der Waals surface area contributed by atoms with Gasteiger partial charge >= 0.3 is 5.97 Å². The summed E-state index contributed by atoms with van der Waals surface area (Å²) in [5.41, 5.74) is 0. The van der Waals surface area contributed by atoms with E-state index < -0.39 is 5.97 Å². The summed E-state index contributed by atoms with van der Waals surface area (Å²) in [6.45, 7) is 2.25. The van der Waals surface area contributed by atoms with Crippen molar-refractivity contribution >= 4 is 18.6 Å². The molecule has 0 aliphatic heterocycles. The van der Waals surface area contributed by atoms with Crippen LogP contribution in [0.15, 0.2) is 0 Å². The molecular weight excluding hydrogens is 256 g/mol. The maximum atomic E-state index is 10.8. The molecule has 0 amide bonds. The average Bonchev–Trinajstić information content (AvgIpc) is 2.40. The lowest BCUT2D eigenvalue weighted by Gasteiger charge is -2.08. The van der Waals surface area contributed by atoms with Gasteiger partial charge in [0.25, 0.3) is 0 Å². The Labute approximate surface area is 124 Å². The molecule has 0 radical (unpaired) electrons. The van der Waals surface area contributed by atoms with Crippen LogP contribution >= 0.6 is 12.6 Å². The third-order valence-corrected chi connectivity index (χ3v) is 4.17. The van der Waals surface area contributed by atoms with Crippen LogP contribution in [0.2, 0.25) is 0 Å². The Balaban J connectivity index is 3.16. The Morgan fingerprint density at radius 2 is 1.32 bits per heavy atom. The monoisotopic (exact) mass is 288 g/mol. The minimum atomic E-state index is -0.693. The molecule has 0 aromatic carbocycles. The highest BCUT2D eigenvalue weighted by Gasteiger charge is 2.14. The van der Waals surface area contributed by atoms with Crippen molar-refractivity contribution in [1.29, 1.82) is 0 Å². The third kappa shape index (κ3) is 12.6. The molecule has 0 aromatic rings. The van der Waals surface area contributed by atoms with Crippen molar-refractivity contribution < 1.29 is 9.90 Å². The number of unbranched alkanes of at least 4 members (excludes halogenated alkanes) is 10. The lowest BCUT2D eigenvalue weighted by atomic mass is 10.0. The Bertz CT molecular complexity index is 207. The van der Waals surface area contributed by atoms with E-state index in [1.807, 2.05) is 0 Å². The Morgan fingerprint density at radius 3 is 1.68 bits per heavy atom. The van der Waals surface area contributed by atoms with Crippen molar-refractivity contribution in [3.8, 4) is 0 Å². The van der Waals surface area contributed by atoms with Crippen molar-refractivity contribution in [2.75, 3.05) is 5.75 Å². The normalized spacial score (nSPS) is 12.5. The summed E-state index contributed by atoms with van der Waals surface area (Å²) in [4.78, 5) is 10.8. The van der Waals surface area contributed by atoms with E-state index in [4.69, 9.17) is 5.11 Å². The second-order valence-corrected chi connectivity index (χ2v) is 5.91. The molecule has 1 N–H and O–H groups in total. The third-order valence-electron chi connectivity index (χ3n) is 3.73. The summed E-state index contributed by atoms with van der Waals surface area (Å²) < 4.78 is 0. The minimum absolute atomic E-state index is 0.248. The van der Waals surface area contributed by atoms with Crippen LogP contribution in [0.25, 0.3) is 0 Å². The Kier molecular flexibility index (Phi) is 14.1. The number of hydrogen-bond acceptors (Lipinski definition) is 2. The highest BCUT2D eigenvalue weighted by atomic mass is 32.1. The first-order valence-corrected chi connectivity index (χ1v) is 8.69. The van der Waals surface area contributed by atoms with Crippen LogP contribution in [0, 0.1) is 5.92 Å². The highest BCUT2D eigenvalue weighted by Crippen LogP contribution is 2.15. The lowest BCUT2D eigenvalue weighted by Crippen LogP contribution is -2.14. The second kappa shape index (κ2) is 14.2. The van der Waals surface area contributed by atoms with Gasteiger partial charge < -0.3 is 5.11 Å². The highest BCUT2D eigenvalue weighted by molar-refractivity contribution is 7.80. The van der Waals surface area contributed by atoms with E-state index in [9.17, 15) is 4.79 Å². The standard InChI is InChI=1S/C16H32O2S/c1-2-3-4-5-6-7-8-9-10-11-12-13-15(14-19)16(17)18/h15,19H,2-14H2,1H3,(H,17,18). The van der Waals surface area contributed by atoms with E-state index in [0.717, 1.165) is 12.8 Å². The zero-order valence-corrected chi connectivity index (χ0v) is 13.5. The summed E-state index contributed by atoms with van der Waals surface area (Å²) in [7, 11) is 0. The van der Waals surface area contributed by atoms with Gasteiger partial charge in [0.2, 0.25) is 0 Å².